The molecule has 1 saturated heterocycles. The molecule has 1 aliphatic heterocycles. The Labute approximate surface area is 142 Å². The molecule has 7 heteroatoms. The molecule has 124 valence electrons. The van der Waals surface area contributed by atoms with E-state index in [-0.39, 0.29) is 29.8 Å². The van der Waals surface area contributed by atoms with Crippen LogP contribution in [0.4, 0.5) is 0 Å². The first-order valence-corrected chi connectivity index (χ1v) is 7.50. The largest absolute Gasteiger partial charge is 0.337 e. The summed E-state index contributed by atoms with van der Waals surface area (Å²) in [6, 6.07) is 9.75. The first-order valence-electron chi connectivity index (χ1n) is 7.50. The molecule has 0 bridgehead atoms. The summed E-state index contributed by atoms with van der Waals surface area (Å²) in [6.45, 7) is 5.50. The molecule has 1 fully saturated rings. The van der Waals surface area contributed by atoms with Crippen molar-refractivity contribution in [2.75, 3.05) is 13.1 Å². The first kappa shape index (κ1) is 17.4. The normalized spacial score (nSPS) is 20.0. The number of para-hydroxylation sites is 1. The second-order valence-electron chi connectivity index (χ2n) is 6.49. The number of benzene rings is 1. The lowest BCUT2D eigenvalue weighted by Crippen LogP contribution is -2.54. The molecule has 2 heterocycles. The summed E-state index contributed by atoms with van der Waals surface area (Å²) in [5, 5.41) is 8.07. The van der Waals surface area contributed by atoms with Crippen molar-refractivity contribution in [2.45, 2.75) is 26.3 Å². The molecule has 2 aromatic rings. The van der Waals surface area contributed by atoms with Crippen LogP contribution in [0.25, 0.3) is 5.69 Å². The minimum atomic E-state index is -0.0813. The third-order valence-corrected chi connectivity index (χ3v) is 4.33. The lowest BCUT2D eigenvalue weighted by molar-refractivity contribution is 0.0527. The van der Waals surface area contributed by atoms with Gasteiger partial charge in [-0.25, -0.2) is 4.68 Å². The van der Waals surface area contributed by atoms with Gasteiger partial charge in [-0.2, -0.15) is 0 Å². The average molecular weight is 336 g/mol. The number of hydrogen-bond donors (Lipinski definition) is 1. The molecular weight excluding hydrogens is 314 g/mol. The van der Waals surface area contributed by atoms with Gasteiger partial charge in [0.2, 0.25) is 0 Å². The van der Waals surface area contributed by atoms with Crippen molar-refractivity contribution in [3.05, 3.63) is 42.2 Å². The number of hydrogen-bond acceptors (Lipinski definition) is 4. The van der Waals surface area contributed by atoms with Gasteiger partial charge in [0, 0.05) is 19.1 Å². The van der Waals surface area contributed by atoms with Crippen LogP contribution in [0.3, 0.4) is 0 Å². The maximum absolute atomic E-state index is 12.6. The molecule has 1 amide bonds. The van der Waals surface area contributed by atoms with Gasteiger partial charge < -0.3 is 10.6 Å². The fraction of sp³-hybridized carbons (Fsp3) is 0.438. The van der Waals surface area contributed by atoms with Gasteiger partial charge >= 0.3 is 0 Å². The van der Waals surface area contributed by atoms with Gasteiger partial charge in [0.15, 0.2) is 5.69 Å². The summed E-state index contributed by atoms with van der Waals surface area (Å²) in [4.78, 5) is 14.4. The van der Waals surface area contributed by atoms with Crippen LogP contribution in [0.15, 0.2) is 36.5 Å². The van der Waals surface area contributed by atoms with Crippen LogP contribution >= 0.6 is 12.4 Å². The highest BCUT2D eigenvalue weighted by Crippen LogP contribution is 2.28. The van der Waals surface area contributed by atoms with Crippen molar-refractivity contribution in [2.24, 2.45) is 11.1 Å². The van der Waals surface area contributed by atoms with Gasteiger partial charge in [-0.3, -0.25) is 4.79 Å². The predicted octanol–water partition coefficient (Wildman–Crippen LogP) is 1.89. The van der Waals surface area contributed by atoms with Crippen molar-refractivity contribution >= 4 is 18.3 Å². The molecule has 1 aliphatic rings. The second-order valence-corrected chi connectivity index (χ2v) is 6.49. The number of piperidine rings is 1. The summed E-state index contributed by atoms with van der Waals surface area (Å²) in [5.74, 6) is -0.0813. The average Bonchev–Trinajstić information content (AvgIpc) is 3.00. The van der Waals surface area contributed by atoms with E-state index >= 15 is 0 Å². The van der Waals surface area contributed by atoms with E-state index < -0.39 is 0 Å². The Kier molecular flexibility index (Phi) is 5.06. The van der Waals surface area contributed by atoms with Crippen molar-refractivity contribution in [3.63, 3.8) is 0 Å². The number of rotatable bonds is 2. The molecule has 0 spiro atoms. The smallest absolute Gasteiger partial charge is 0.276 e. The molecule has 1 aromatic heterocycles. The van der Waals surface area contributed by atoms with Gasteiger partial charge in [0.1, 0.15) is 0 Å². The SMILES string of the molecule is CC1(C)CN(C(=O)c2cn(-c3ccccc3)nn2)CCC1N.Cl. The summed E-state index contributed by atoms with van der Waals surface area (Å²) in [6.07, 6.45) is 2.49. The Hall–Kier alpha value is -1.92. The summed E-state index contributed by atoms with van der Waals surface area (Å²) in [7, 11) is 0. The van der Waals surface area contributed by atoms with E-state index in [1.807, 2.05) is 35.2 Å². The highest BCUT2D eigenvalue weighted by atomic mass is 35.5. The Balaban J connectivity index is 0.00000192. The fourth-order valence-electron chi connectivity index (χ4n) is 2.78. The quantitative estimate of drug-likeness (QED) is 0.909. The summed E-state index contributed by atoms with van der Waals surface area (Å²) in [5.41, 5.74) is 7.30. The Morgan fingerprint density at radius 3 is 2.65 bits per heavy atom. The number of likely N-dealkylation sites (tertiary alicyclic amines) is 1. The zero-order valence-corrected chi connectivity index (χ0v) is 14.2. The highest BCUT2D eigenvalue weighted by Gasteiger charge is 2.36. The lowest BCUT2D eigenvalue weighted by Gasteiger charge is -2.42. The molecule has 0 radical (unpaired) electrons. The summed E-state index contributed by atoms with van der Waals surface area (Å²) < 4.78 is 1.62. The van der Waals surface area contributed by atoms with Crippen LogP contribution in [0.1, 0.15) is 30.8 Å². The number of nitrogens with two attached hydrogens (primary N) is 1. The first-order chi connectivity index (χ1) is 10.5. The zero-order chi connectivity index (χ0) is 15.7. The molecule has 1 aromatic carbocycles. The van der Waals surface area contributed by atoms with Crippen LogP contribution in [0.2, 0.25) is 0 Å². The van der Waals surface area contributed by atoms with Crippen LogP contribution < -0.4 is 5.73 Å². The van der Waals surface area contributed by atoms with Gasteiger partial charge in [0.25, 0.3) is 5.91 Å². The van der Waals surface area contributed by atoms with Crippen LogP contribution in [-0.4, -0.2) is 44.9 Å². The minimum absolute atomic E-state index is 0. The maximum Gasteiger partial charge on any atom is 0.276 e. The monoisotopic (exact) mass is 335 g/mol. The molecule has 2 N–H and O–H groups in total. The maximum atomic E-state index is 12.6. The van der Waals surface area contributed by atoms with Crippen LogP contribution in [0, 0.1) is 5.41 Å². The van der Waals surface area contributed by atoms with E-state index in [1.165, 1.54) is 0 Å². The van der Waals surface area contributed by atoms with E-state index in [1.54, 1.807) is 10.9 Å². The number of amides is 1. The van der Waals surface area contributed by atoms with Crippen LogP contribution in [0.5, 0.6) is 0 Å². The third kappa shape index (κ3) is 3.54. The molecular formula is C16H22ClN5O. The van der Waals surface area contributed by atoms with E-state index in [9.17, 15) is 4.79 Å². The second kappa shape index (κ2) is 6.68. The van der Waals surface area contributed by atoms with E-state index in [0.29, 0.717) is 18.8 Å². The number of carbonyl (C=O) groups excluding carboxylic acids is 1. The minimum Gasteiger partial charge on any atom is -0.337 e. The van der Waals surface area contributed by atoms with Gasteiger partial charge in [-0.15, -0.1) is 17.5 Å². The molecule has 1 unspecified atom stereocenters. The van der Waals surface area contributed by atoms with Crippen LogP contribution in [-0.2, 0) is 0 Å². The molecule has 3 rings (SSSR count). The Bertz CT molecular complexity index is 670. The molecule has 0 aliphatic carbocycles. The van der Waals surface area contributed by atoms with Gasteiger partial charge in [0.05, 0.1) is 11.9 Å². The number of carbonyl (C=O) groups is 1. The van der Waals surface area contributed by atoms with Crippen molar-refractivity contribution in [3.8, 4) is 5.69 Å². The molecule has 23 heavy (non-hydrogen) atoms. The Morgan fingerprint density at radius 1 is 1.30 bits per heavy atom. The topological polar surface area (TPSA) is 77.0 Å². The molecule has 1 atom stereocenters. The Morgan fingerprint density at radius 2 is 2.00 bits per heavy atom. The fourth-order valence-corrected chi connectivity index (χ4v) is 2.78. The lowest BCUT2D eigenvalue weighted by atomic mass is 9.79. The van der Waals surface area contributed by atoms with Crippen molar-refractivity contribution in [1.29, 1.82) is 0 Å². The number of halogens is 1. The molecule has 0 saturated carbocycles. The number of nitrogens with zero attached hydrogens (tertiary/aromatic N) is 4. The van der Waals surface area contributed by atoms with E-state index in [0.717, 1.165) is 12.1 Å². The van der Waals surface area contributed by atoms with E-state index in [4.69, 9.17) is 5.73 Å². The predicted molar refractivity (Wildman–Crippen MR) is 90.9 cm³/mol. The van der Waals surface area contributed by atoms with Crippen molar-refractivity contribution < 1.29 is 4.79 Å². The van der Waals surface area contributed by atoms with Crippen molar-refractivity contribution in [1.82, 2.24) is 19.9 Å². The van der Waals surface area contributed by atoms with E-state index in [2.05, 4.69) is 24.2 Å². The van der Waals surface area contributed by atoms with Gasteiger partial charge in [-0.05, 0) is 24.0 Å². The third-order valence-electron chi connectivity index (χ3n) is 4.33. The highest BCUT2D eigenvalue weighted by molar-refractivity contribution is 5.92. The number of aromatic nitrogens is 3. The van der Waals surface area contributed by atoms with Gasteiger partial charge in [-0.1, -0.05) is 37.3 Å². The molecule has 6 nitrogen and oxygen atoms in total. The zero-order valence-electron chi connectivity index (χ0n) is 13.3. The summed E-state index contributed by atoms with van der Waals surface area (Å²) >= 11 is 0. The standard InChI is InChI=1S/C16H21N5O.ClH/c1-16(2)11-20(9-8-14(16)17)15(22)13-10-21(19-18-13)12-6-4-3-5-7-12;/h3-7,10,14H,8-9,11,17H2,1-2H3;1H.